The van der Waals surface area contributed by atoms with Crippen LogP contribution in [0.4, 0.5) is 10.5 Å². The van der Waals surface area contributed by atoms with Gasteiger partial charge >= 0.3 is 6.09 Å². The highest BCUT2D eigenvalue weighted by molar-refractivity contribution is 9.10. The number of anilines is 1. The van der Waals surface area contributed by atoms with E-state index in [1.165, 1.54) is 4.90 Å². The number of nitrogens with one attached hydrogen (secondary N) is 1. The van der Waals surface area contributed by atoms with Gasteiger partial charge in [-0.15, -0.1) is 0 Å². The molecule has 1 rings (SSSR count). The van der Waals surface area contributed by atoms with Gasteiger partial charge in [-0.3, -0.25) is 9.69 Å². The first-order valence-corrected chi connectivity index (χ1v) is 8.79. The van der Waals surface area contributed by atoms with Gasteiger partial charge in [-0.2, -0.15) is 5.26 Å². The van der Waals surface area contributed by atoms with Gasteiger partial charge in [0.1, 0.15) is 12.1 Å². The lowest BCUT2D eigenvalue weighted by atomic mass is 9.96. The summed E-state index contributed by atoms with van der Waals surface area (Å²) in [6.07, 6.45) is -0.766. The Balaban J connectivity index is 3.22. The predicted molar refractivity (Wildman–Crippen MR) is 100 cm³/mol. The molecule has 136 valence electrons. The summed E-state index contributed by atoms with van der Waals surface area (Å²) in [7, 11) is 0. The van der Waals surface area contributed by atoms with Crippen LogP contribution < -0.4 is 5.32 Å². The Kier molecular flexibility index (Phi) is 7.00. The first kappa shape index (κ1) is 21.0. The van der Waals surface area contributed by atoms with Crippen molar-refractivity contribution in [1.29, 1.82) is 5.26 Å². The van der Waals surface area contributed by atoms with Crippen LogP contribution in [0.3, 0.4) is 0 Å². The lowest BCUT2D eigenvalue weighted by molar-refractivity contribution is -0.123. The second kappa shape index (κ2) is 8.34. The van der Waals surface area contributed by atoms with Crippen molar-refractivity contribution in [3.8, 4) is 6.07 Å². The van der Waals surface area contributed by atoms with Crippen molar-refractivity contribution < 1.29 is 14.7 Å². The number of hydrogen-bond donors (Lipinski definition) is 2. The van der Waals surface area contributed by atoms with Gasteiger partial charge in [-0.05, 0) is 51.3 Å². The molecule has 7 heteroatoms. The van der Waals surface area contributed by atoms with Crippen molar-refractivity contribution in [2.24, 2.45) is 5.92 Å². The highest BCUT2D eigenvalue weighted by Gasteiger charge is 2.37. The van der Waals surface area contributed by atoms with Gasteiger partial charge in [-0.25, -0.2) is 4.79 Å². The van der Waals surface area contributed by atoms with Crippen LogP contribution in [-0.2, 0) is 4.79 Å². The SMILES string of the molecule is CC(C)C[C@H](C(=O)Nc1ccc(Br)cc1C#N)N(C(=O)O)C(C)(C)C. The number of benzene rings is 1. The molecule has 1 atom stereocenters. The maximum Gasteiger partial charge on any atom is 0.408 e. The van der Waals surface area contributed by atoms with Crippen molar-refractivity contribution in [2.75, 3.05) is 5.32 Å². The fourth-order valence-electron chi connectivity index (χ4n) is 2.60. The maximum atomic E-state index is 12.9. The Labute approximate surface area is 156 Å². The summed E-state index contributed by atoms with van der Waals surface area (Å²) in [6, 6.07) is 6.11. The summed E-state index contributed by atoms with van der Waals surface area (Å²) in [5.74, 6) is -0.315. The van der Waals surface area contributed by atoms with E-state index in [9.17, 15) is 20.0 Å². The number of halogens is 1. The van der Waals surface area contributed by atoms with Gasteiger partial charge in [0.15, 0.2) is 0 Å². The molecule has 0 aliphatic heterocycles. The number of rotatable bonds is 5. The Hall–Kier alpha value is -2.07. The van der Waals surface area contributed by atoms with Gasteiger partial charge in [0, 0.05) is 10.0 Å². The van der Waals surface area contributed by atoms with Crippen molar-refractivity contribution >= 4 is 33.6 Å². The first-order chi connectivity index (χ1) is 11.5. The molecule has 0 bridgehead atoms. The fourth-order valence-corrected chi connectivity index (χ4v) is 2.96. The average molecular weight is 410 g/mol. The number of hydrogen-bond acceptors (Lipinski definition) is 3. The zero-order valence-corrected chi connectivity index (χ0v) is 16.7. The average Bonchev–Trinajstić information content (AvgIpc) is 2.45. The second-order valence-electron chi connectivity index (χ2n) is 7.26. The summed E-state index contributed by atoms with van der Waals surface area (Å²) in [5.41, 5.74) is -0.0621. The molecule has 0 aliphatic rings. The topological polar surface area (TPSA) is 93.4 Å². The van der Waals surface area contributed by atoms with E-state index in [1.807, 2.05) is 19.9 Å². The van der Waals surface area contributed by atoms with Crippen molar-refractivity contribution in [2.45, 2.75) is 52.6 Å². The number of carbonyl (C=O) groups is 2. The lowest BCUT2D eigenvalue weighted by Gasteiger charge is -2.39. The van der Waals surface area contributed by atoms with Crippen molar-refractivity contribution in [1.82, 2.24) is 4.90 Å². The third kappa shape index (κ3) is 5.75. The van der Waals surface area contributed by atoms with Crippen LogP contribution in [0.25, 0.3) is 0 Å². The molecule has 0 aliphatic carbocycles. The Morgan fingerprint density at radius 1 is 1.36 bits per heavy atom. The van der Waals surface area contributed by atoms with Gasteiger partial charge < -0.3 is 10.4 Å². The number of nitriles is 1. The molecule has 0 radical (unpaired) electrons. The molecule has 0 heterocycles. The minimum atomic E-state index is -1.15. The maximum absolute atomic E-state index is 12.9. The zero-order chi connectivity index (χ0) is 19.4. The number of nitrogens with zero attached hydrogens (tertiary/aromatic N) is 2. The smallest absolute Gasteiger partial charge is 0.408 e. The molecule has 2 amide bonds. The van der Waals surface area contributed by atoms with Crippen LogP contribution in [-0.4, -0.2) is 33.6 Å². The van der Waals surface area contributed by atoms with Crippen LogP contribution in [0.5, 0.6) is 0 Å². The Morgan fingerprint density at radius 2 is 1.96 bits per heavy atom. The molecule has 25 heavy (non-hydrogen) atoms. The van der Waals surface area contributed by atoms with Crippen LogP contribution in [0.2, 0.25) is 0 Å². The highest BCUT2D eigenvalue weighted by atomic mass is 79.9. The first-order valence-electron chi connectivity index (χ1n) is 8.00. The molecular formula is C18H24BrN3O3. The predicted octanol–water partition coefficient (Wildman–Crippen LogP) is 4.45. The molecular weight excluding hydrogens is 386 g/mol. The van der Waals surface area contributed by atoms with Crippen LogP contribution in [0, 0.1) is 17.2 Å². The molecule has 0 spiro atoms. The normalized spacial score (nSPS) is 12.4. The molecule has 1 aromatic carbocycles. The monoisotopic (exact) mass is 409 g/mol. The molecule has 6 nitrogen and oxygen atoms in total. The van der Waals surface area contributed by atoms with E-state index in [0.29, 0.717) is 17.7 Å². The molecule has 0 aromatic heterocycles. The van der Waals surface area contributed by atoms with Crippen LogP contribution in [0.1, 0.15) is 46.6 Å². The quantitative estimate of drug-likeness (QED) is 0.750. The summed E-state index contributed by atoms with van der Waals surface area (Å²) >= 11 is 3.28. The number of amides is 2. The van der Waals surface area contributed by atoms with Crippen molar-refractivity contribution in [3.05, 3.63) is 28.2 Å². The van der Waals surface area contributed by atoms with E-state index in [1.54, 1.807) is 39.0 Å². The Bertz CT molecular complexity index is 690. The fraction of sp³-hybridized carbons (Fsp3) is 0.500. The van der Waals surface area contributed by atoms with Gasteiger partial charge in [0.25, 0.3) is 0 Å². The van der Waals surface area contributed by atoms with Gasteiger partial charge in [0.2, 0.25) is 5.91 Å². The van der Waals surface area contributed by atoms with E-state index < -0.39 is 23.6 Å². The van der Waals surface area contributed by atoms with E-state index >= 15 is 0 Å². The molecule has 0 fully saturated rings. The van der Waals surface area contributed by atoms with Gasteiger partial charge in [-0.1, -0.05) is 29.8 Å². The molecule has 0 unspecified atom stereocenters. The third-order valence-corrected chi connectivity index (χ3v) is 4.09. The highest BCUT2D eigenvalue weighted by Crippen LogP contribution is 2.25. The number of carboxylic acid groups (broad SMARTS) is 1. The third-order valence-electron chi connectivity index (χ3n) is 3.60. The van der Waals surface area contributed by atoms with E-state index in [0.717, 1.165) is 4.47 Å². The summed E-state index contributed by atoms with van der Waals surface area (Å²) in [6.45, 7) is 9.12. The van der Waals surface area contributed by atoms with Crippen LogP contribution >= 0.6 is 15.9 Å². The molecule has 0 saturated carbocycles. The Morgan fingerprint density at radius 3 is 2.40 bits per heavy atom. The summed E-state index contributed by atoms with van der Waals surface area (Å²) in [4.78, 5) is 25.8. The molecule has 0 saturated heterocycles. The molecule has 1 aromatic rings. The number of carbonyl (C=O) groups excluding carboxylic acids is 1. The summed E-state index contributed by atoms with van der Waals surface area (Å²) in [5, 5.41) is 21.6. The van der Waals surface area contributed by atoms with Crippen molar-refractivity contribution in [3.63, 3.8) is 0 Å². The van der Waals surface area contributed by atoms with E-state index in [2.05, 4.69) is 21.2 Å². The molecule has 2 N–H and O–H groups in total. The largest absolute Gasteiger partial charge is 0.465 e. The second-order valence-corrected chi connectivity index (χ2v) is 8.18. The minimum absolute atomic E-state index is 0.125. The van der Waals surface area contributed by atoms with Gasteiger partial charge in [0.05, 0.1) is 11.3 Å². The minimum Gasteiger partial charge on any atom is -0.465 e. The van der Waals surface area contributed by atoms with Crippen LogP contribution in [0.15, 0.2) is 22.7 Å². The standard InChI is InChI=1S/C18H24BrN3O3/c1-11(2)8-15(22(17(24)25)18(3,4)5)16(23)21-14-7-6-13(19)9-12(14)10-20/h6-7,9,11,15H,8H2,1-5H3,(H,21,23)(H,24,25)/t15-/m1/s1. The zero-order valence-electron chi connectivity index (χ0n) is 15.1. The van der Waals surface area contributed by atoms with E-state index in [-0.39, 0.29) is 5.92 Å². The lowest BCUT2D eigenvalue weighted by Crippen LogP contribution is -2.56. The summed E-state index contributed by atoms with van der Waals surface area (Å²) < 4.78 is 0.725. The van der Waals surface area contributed by atoms with E-state index in [4.69, 9.17) is 0 Å².